The average Bonchev–Trinajstić information content (AvgIpc) is 2.92. The third kappa shape index (κ3) is 2.64. The van der Waals surface area contributed by atoms with Gasteiger partial charge in [0, 0.05) is 25.0 Å². The summed E-state index contributed by atoms with van der Waals surface area (Å²) in [5.74, 6) is 0.337. The van der Waals surface area contributed by atoms with E-state index in [4.69, 9.17) is 11.6 Å². The Morgan fingerprint density at radius 2 is 2.05 bits per heavy atom. The molecule has 6 nitrogen and oxygen atoms in total. The van der Waals surface area contributed by atoms with Crippen LogP contribution in [0.4, 0.5) is 4.79 Å². The van der Waals surface area contributed by atoms with Crippen molar-refractivity contribution >= 4 is 27.7 Å². The molecule has 2 saturated heterocycles. The van der Waals surface area contributed by atoms with E-state index in [1.807, 2.05) is 20.8 Å². The lowest BCUT2D eigenvalue weighted by atomic mass is 9.73. The summed E-state index contributed by atoms with van der Waals surface area (Å²) in [6, 6.07) is -0.249. The van der Waals surface area contributed by atoms with Gasteiger partial charge in [-0.25, -0.2) is 13.2 Å². The number of hydrogen-bond acceptors (Lipinski definition) is 3. The zero-order valence-electron chi connectivity index (χ0n) is 12.7. The molecule has 21 heavy (non-hydrogen) atoms. The van der Waals surface area contributed by atoms with Crippen LogP contribution in [0.15, 0.2) is 0 Å². The minimum atomic E-state index is -3.37. The summed E-state index contributed by atoms with van der Waals surface area (Å²) in [6.07, 6.45) is 0.0199. The molecular weight excluding hydrogens is 316 g/mol. The zero-order valence-corrected chi connectivity index (χ0v) is 14.2. The minimum absolute atomic E-state index is 0.0281. The van der Waals surface area contributed by atoms with E-state index in [-0.39, 0.29) is 30.3 Å². The summed E-state index contributed by atoms with van der Waals surface area (Å²) in [4.78, 5) is 12.9. The first-order valence-electron chi connectivity index (χ1n) is 7.11. The summed E-state index contributed by atoms with van der Waals surface area (Å²) in [7, 11) is -3.37. The highest BCUT2D eigenvalue weighted by molar-refractivity contribution is 7.89. The molecule has 0 aromatic heterocycles. The van der Waals surface area contributed by atoms with Crippen molar-refractivity contribution in [2.45, 2.75) is 45.2 Å². The molecule has 0 aromatic carbocycles. The Kier molecular flexibility index (Phi) is 4.23. The molecule has 0 spiro atoms. The van der Waals surface area contributed by atoms with Gasteiger partial charge in [0.1, 0.15) is 0 Å². The summed E-state index contributed by atoms with van der Waals surface area (Å²) in [5.41, 5.74) is -0.964. The third-order valence-corrected chi connectivity index (χ3v) is 7.04. The molecule has 1 N–H and O–H groups in total. The van der Waals surface area contributed by atoms with Crippen molar-refractivity contribution < 1.29 is 18.3 Å². The SMILES string of the molecule is CC(C)(C)[C@@]12C[C@H](CN1C(=O)O)N(S(=O)(=O)CCCCl)C2. The van der Waals surface area contributed by atoms with Gasteiger partial charge in [-0.1, -0.05) is 20.8 Å². The van der Waals surface area contributed by atoms with Crippen LogP contribution in [-0.2, 0) is 10.0 Å². The molecule has 122 valence electrons. The molecule has 2 rings (SSSR count). The van der Waals surface area contributed by atoms with Crippen molar-refractivity contribution in [3.63, 3.8) is 0 Å². The molecule has 8 heteroatoms. The predicted molar refractivity (Wildman–Crippen MR) is 81.2 cm³/mol. The number of amides is 1. The highest BCUT2D eigenvalue weighted by Crippen LogP contribution is 2.51. The van der Waals surface area contributed by atoms with E-state index < -0.39 is 21.7 Å². The Morgan fingerprint density at radius 1 is 1.43 bits per heavy atom. The number of carbonyl (C=O) groups is 1. The van der Waals surface area contributed by atoms with Crippen LogP contribution in [0.2, 0.25) is 0 Å². The Bertz CT molecular complexity index is 531. The largest absolute Gasteiger partial charge is 0.465 e. The van der Waals surface area contributed by atoms with E-state index in [1.165, 1.54) is 9.21 Å². The molecular formula is C13H23ClN2O4S. The molecule has 2 fully saturated rings. The van der Waals surface area contributed by atoms with Gasteiger partial charge in [-0.15, -0.1) is 11.6 Å². The van der Waals surface area contributed by atoms with E-state index in [0.29, 0.717) is 18.7 Å². The summed E-state index contributed by atoms with van der Waals surface area (Å²) in [5, 5.41) is 9.43. The fraction of sp³-hybridized carbons (Fsp3) is 0.923. The molecule has 0 unspecified atom stereocenters. The number of hydrogen-bond donors (Lipinski definition) is 1. The van der Waals surface area contributed by atoms with Crippen LogP contribution < -0.4 is 0 Å². The fourth-order valence-corrected chi connectivity index (χ4v) is 5.61. The molecule has 2 aliphatic rings. The van der Waals surface area contributed by atoms with Crippen LogP contribution >= 0.6 is 11.6 Å². The molecule has 0 radical (unpaired) electrons. The standard InChI is InChI=1S/C13H23ClN2O4S/c1-12(2,3)13-7-10(8-15(13)11(17)18)16(9-13)21(19,20)6-4-5-14/h10H,4-9H2,1-3H3,(H,17,18)/t10-,13+/m1/s1. The average molecular weight is 339 g/mol. The van der Waals surface area contributed by atoms with Crippen LogP contribution in [0.3, 0.4) is 0 Å². The second kappa shape index (κ2) is 5.28. The predicted octanol–water partition coefficient (Wildman–Crippen LogP) is 1.80. The molecule has 2 heterocycles. The van der Waals surface area contributed by atoms with Gasteiger partial charge in [0.05, 0.1) is 11.3 Å². The van der Waals surface area contributed by atoms with Crippen molar-refractivity contribution in [1.82, 2.24) is 9.21 Å². The van der Waals surface area contributed by atoms with E-state index in [2.05, 4.69) is 0 Å². The van der Waals surface area contributed by atoms with Crippen molar-refractivity contribution in [3.05, 3.63) is 0 Å². The van der Waals surface area contributed by atoms with Crippen LogP contribution in [0.25, 0.3) is 0 Å². The highest BCUT2D eigenvalue weighted by atomic mass is 35.5. The van der Waals surface area contributed by atoms with E-state index in [0.717, 1.165) is 0 Å². The Labute approximate surface area is 131 Å². The number of halogens is 1. The number of carboxylic acid groups (broad SMARTS) is 1. The number of alkyl halides is 1. The molecule has 2 bridgehead atoms. The van der Waals surface area contributed by atoms with Gasteiger partial charge in [0.25, 0.3) is 0 Å². The highest BCUT2D eigenvalue weighted by Gasteiger charge is 2.63. The molecule has 2 atom stereocenters. The third-order valence-electron chi connectivity index (χ3n) is 4.83. The number of sulfonamides is 1. The smallest absolute Gasteiger partial charge is 0.407 e. The number of likely N-dealkylation sites (tertiary alicyclic amines) is 1. The lowest BCUT2D eigenvalue weighted by molar-refractivity contribution is 0.0184. The first kappa shape index (κ1) is 16.8. The molecule has 0 aromatic rings. The molecule has 0 saturated carbocycles. The van der Waals surface area contributed by atoms with Gasteiger partial charge < -0.3 is 5.11 Å². The minimum Gasteiger partial charge on any atom is -0.465 e. The van der Waals surface area contributed by atoms with Gasteiger partial charge in [0.15, 0.2) is 0 Å². The zero-order chi connectivity index (χ0) is 16.1. The lowest BCUT2D eigenvalue weighted by Crippen LogP contribution is -2.62. The number of rotatable bonds is 4. The van der Waals surface area contributed by atoms with E-state index >= 15 is 0 Å². The topological polar surface area (TPSA) is 77.9 Å². The number of fused-ring (bicyclic) bond motifs is 2. The van der Waals surface area contributed by atoms with Crippen LogP contribution in [0.1, 0.15) is 33.6 Å². The first-order chi connectivity index (χ1) is 9.55. The van der Waals surface area contributed by atoms with Crippen molar-refractivity contribution in [2.75, 3.05) is 24.7 Å². The Morgan fingerprint density at radius 3 is 2.52 bits per heavy atom. The molecule has 2 aliphatic heterocycles. The Balaban J connectivity index is 2.31. The summed E-state index contributed by atoms with van der Waals surface area (Å²) in [6.45, 7) is 6.42. The van der Waals surface area contributed by atoms with Gasteiger partial charge in [-0.3, -0.25) is 4.90 Å². The molecule has 1 amide bonds. The molecule has 0 aliphatic carbocycles. The van der Waals surface area contributed by atoms with Gasteiger partial charge in [0.2, 0.25) is 10.0 Å². The lowest BCUT2D eigenvalue weighted by Gasteiger charge is -2.48. The van der Waals surface area contributed by atoms with Crippen molar-refractivity contribution in [1.29, 1.82) is 0 Å². The van der Waals surface area contributed by atoms with Crippen molar-refractivity contribution in [3.8, 4) is 0 Å². The fourth-order valence-electron chi connectivity index (χ4n) is 3.57. The van der Waals surface area contributed by atoms with Crippen LogP contribution in [0.5, 0.6) is 0 Å². The van der Waals surface area contributed by atoms with Crippen molar-refractivity contribution in [2.24, 2.45) is 5.41 Å². The van der Waals surface area contributed by atoms with Gasteiger partial charge in [-0.05, 0) is 18.3 Å². The van der Waals surface area contributed by atoms with Gasteiger partial charge >= 0.3 is 6.09 Å². The summed E-state index contributed by atoms with van der Waals surface area (Å²) >= 11 is 5.59. The second-order valence-corrected chi connectivity index (χ2v) is 9.36. The maximum atomic E-state index is 12.4. The van der Waals surface area contributed by atoms with Crippen LogP contribution in [-0.4, -0.2) is 65.1 Å². The maximum Gasteiger partial charge on any atom is 0.407 e. The monoisotopic (exact) mass is 338 g/mol. The quantitative estimate of drug-likeness (QED) is 0.793. The van der Waals surface area contributed by atoms with Gasteiger partial charge in [-0.2, -0.15) is 4.31 Å². The van der Waals surface area contributed by atoms with Crippen LogP contribution in [0, 0.1) is 5.41 Å². The van der Waals surface area contributed by atoms with E-state index in [1.54, 1.807) is 0 Å². The number of nitrogens with zero attached hydrogens (tertiary/aromatic N) is 2. The second-order valence-electron chi connectivity index (χ2n) is 6.94. The van der Waals surface area contributed by atoms with E-state index in [9.17, 15) is 18.3 Å². The Hall–Kier alpha value is -0.530. The summed E-state index contributed by atoms with van der Waals surface area (Å²) < 4.78 is 26.4. The first-order valence-corrected chi connectivity index (χ1v) is 9.25. The maximum absolute atomic E-state index is 12.4. The normalized spacial score (nSPS) is 30.1. The number of piperazine rings is 1.